The standard InChI is InChI=1S/C51H66N4O9S2/c1-50(2)42-34-40(65(58,59)60)23-25-44(42)52(30-12-32-54(5,6)7)46(50)27-19-37-14-11-15-38(49(37)64-39-21-16-36(17-22-39)18-29-48(56)57)20-28-47-51(3,4)43-35-41(66(61,62)63)24-26-45(43)53(47)31-13-33-55(8,9)10/h16-17,19-28,34-35H,11-15,18,29-33H2,1-10H3. The molecule has 6 rings (SSSR count). The summed E-state index contributed by atoms with van der Waals surface area (Å²) in [5.41, 5.74) is 6.56. The number of carbonyl (C=O) groups is 1. The molecule has 3 aromatic carbocycles. The van der Waals surface area contributed by atoms with Gasteiger partial charge < -0.3 is 37.6 Å². The fourth-order valence-corrected chi connectivity index (χ4v) is 10.3. The van der Waals surface area contributed by atoms with Gasteiger partial charge in [0.05, 0.1) is 77.0 Å². The number of hydrogen-bond acceptors (Lipinski definition) is 10. The van der Waals surface area contributed by atoms with Gasteiger partial charge in [0.2, 0.25) is 5.69 Å². The molecule has 0 atom stereocenters. The van der Waals surface area contributed by atoms with Gasteiger partial charge in [-0.15, -0.1) is 0 Å². The molecule has 0 radical (unpaired) electrons. The lowest BCUT2D eigenvalue weighted by Gasteiger charge is -2.29. The van der Waals surface area contributed by atoms with E-state index in [1.807, 2.05) is 52.0 Å². The van der Waals surface area contributed by atoms with Gasteiger partial charge in [0.15, 0.2) is 12.3 Å². The van der Waals surface area contributed by atoms with Gasteiger partial charge in [-0.2, -0.15) is 4.58 Å². The second kappa shape index (κ2) is 19.0. The third-order valence-corrected chi connectivity index (χ3v) is 14.5. The zero-order valence-corrected chi connectivity index (χ0v) is 41.8. The van der Waals surface area contributed by atoms with Crippen LogP contribution < -0.4 is 14.7 Å². The van der Waals surface area contributed by atoms with Gasteiger partial charge in [0.1, 0.15) is 31.7 Å². The predicted molar refractivity (Wildman–Crippen MR) is 254 cm³/mol. The van der Waals surface area contributed by atoms with Crippen molar-refractivity contribution in [1.82, 2.24) is 0 Å². The molecule has 13 nitrogen and oxygen atoms in total. The molecule has 0 amide bonds. The first-order chi connectivity index (χ1) is 30.6. The summed E-state index contributed by atoms with van der Waals surface area (Å²) >= 11 is 0. The number of anilines is 1. The Morgan fingerprint density at radius 1 is 0.773 bits per heavy atom. The second-order valence-electron chi connectivity index (χ2n) is 20.8. The zero-order chi connectivity index (χ0) is 48.6. The summed E-state index contributed by atoms with van der Waals surface area (Å²) in [7, 11) is 3.49. The molecule has 0 fully saturated rings. The molecule has 66 heavy (non-hydrogen) atoms. The van der Waals surface area contributed by atoms with Crippen LogP contribution in [0.25, 0.3) is 0 Å². The minimum atomic E-state index is -4.69. The van der Waals surface area contributed by atoms with E-state index in [2.05, 4.69) is 76.1 Å². The van der Waals surface area contributed by atoms with Crippen molar-refractivity contribution in [3.8, 4) is 5.75 Å². The van der Waals surface area contributed by atoms with Crippen molar-refractivity contribution in [2.45, 2.75) is 93.3 Å². The van der Waals surface area contributed by atoms with Gasteiger partial charge in [0, 0.05) is 53.4 Å². The number of quaternary nitrogens is 2. The fourth-order valence-electron chi connectivity index (χ4n) is 9.31. The normalized spacial score (nSPS) is 18.8. The van der Waals surface area contributed by atoms with Gasteiger partial charge >= 0.3 is 0 Å². The topological polar surface area (TPSA) is 170 Å². The Kier molecular flexibility index (Phi) is 14.5. The average Bonchev–Trinajstić information content (AvgIpc) is 3.55. The summed E-state index contributed by atoms with van der Waals surface area (Å²) in [6.07, 6.45) is 12.5. The van der Waals surface area contributed by atoms with Crippen LogP contribution in [0.1, 0.15) is 82.9 Å². The van der Waals surface area contributed by atoms with Crippen molar-refractivity contribution < 1.29 is 54.1 Å². The van der Waals surface area contributed by atoms with Crippen LogP contribution in [0.3, 0.4) is 0 Å². The SMILES string of the molecule is CC1(C)C(/C=C/C2=C(Oc3ccc(CCC(=O)[O-])cc3)C(=C/C=C3\N(CCC[N+](C)(C)C)c4ccc(S(=O)(=O)[O-])cc4C3(C)C)/CCC2)=[N+](CCC[N+](C)(C)C)c2ccc(S(=O)(=O)[O-])cc21. The molecule has 0 N–H and O–H groups in total. The van der Waals surface area contributed by atoms with Crippen LogP contribution in [0, 0.1) is 0 Å². The number of fused-ring (bicyclic) bond motifs is 2. The molecule has 2 heterocycles. The summed E-state index contributed by atoms with van der Waals surface area (Å²) in [5.74, 6) is 0.130. The van der Waals surface area contributed by atoms with Gasteiger partial charge in [-0.25, -0.2) is 16.8 Å². The molecule has 0 saturated heterocycles. The first kappa shape index (κ1) is 50.5. The van der Waals surface area contributed by atoms with Crippen molar-refractivity contribution in [3.05, 3.63) is 124 Å². The van der Waals surface area contributed by atoms with E-state index in [0.717, 1.165) is 91.9 Å². The average molecular weight is 943 g/mol. The molecule has 3 aromatic rings. The highest BCUT2D eigenvalue weighted by atomic mass is 32.2. The summed E-state index contributed by atoms with van der Waals surface area (Å²) in [6, 6.07) is 16.7. The molecule has 0 unspecified atom stereocenters. The number of allylic oxidation sites excluding steroid dienone is 7. The third kappa shape index (κ3) is 11.8. The van der Waals surface area contributed by atoms with Crippen LogP contribution in [0.15, 0.2) is 117 Å². The third-order valence-electron chi connectivity index (χ3n) is 12.8. The van der Waals surface area contributed by atoms with E-state index >= 15 is 0 Å². The first-order valence-corrected chi connectivity index (χ1v) is 25.4. The van der Waals surface area contributed by atoms with E-state index in [1.165, 1.54) is 24.3 Å². The predicted octanol–water partition coefficient (Wildman–Crippen LogP) is 6.43. The molecule has 15 heteroatoms. The van der Waals surface area contributed by atoms with Gasteiger partial charge in [0.25, 0.3) is 0 Å². The van der Waals surface area contributed by atoms with E-state index < -0.39 is 37.0 Å². The molecule has 1 aliphatic carbocycles. The highest BCUT2D eigenvalue weighted by molar-refractivity contribution is 7.86. The monoisotopic (exact) mass is 942 g/mol. The Bertz CT molecular complexity index is 2750. The number of ether oxygens (including phenoxy) is 1. The Balaban J connectivity index is 1.48. The number of benzene rings is 3. The number of carboxylic acids is 1. The highest BCUT2D eigenvalue weighted by Gasteiger charge is 2.45. The fraction of sp³-hybridized carbons (Fsp3) is 0.451. The quantitative estimate of drug-likeness (QED) is 0.0788. The number of rotatable bonds is 18. The van der Waals surface area contributed by atoms with Crippen LogP contribution in [-0.2, 0) is 42.3 Å². The first-order valence-electron chi connectivity index (χ1n) is 22.6. The second-order valence-corrected chi connectivity index (χ2v) is 23.6. The van der Waals surface area contributed by atoms with Crippen molar-refractivity contribution in [1.29, 1.82) is 0 Å². The molecule has 356 valence electrons. The number of carbonyl (C=O) groups excluding carboxylic acids is 1. The smallest absolute Gasteiger partial charge is 0.209 e. The number of aliphatic carboxylic acids is 1. The number of nitrogens with zero attached hydrogens (tertiary/aromatic N) is 4. The summed E-state index contributed by atoms with van der Waals surface area (Å²) in [5, 5.41) is 11.2. The molecule has 3 aliphatic rings. The van der Waals surface area contributed by atoms with E-state index in [0.29, 0.717) is 43.9 Å². The van der Waals surface area contributed by atoms with E-state index in [1.54, 1.807) is 12.1 Å². The van der Waals surface area contributed by atoms with Crippen molar-refractivity contribution in [2.24, 2.45) is 0 Å². The van der Waals surface area contributed by atoms with E-state index in [4.69, 9.17) is 4.74 Å². The molecule has 0 bridgehead atoms. The Morgan fingerprint density at radius 2 is 1.38 bits per heavy atom. The van der Waals surface area contributed by atoms with Crippen molar-refractivity contribution in [3.63, 3.8) is 0 Å². The number of aryl methyl sites for hydroxylation is 1. The largest absolute Gasteiger partial charge is 0.744 e. The number of hydrogen-bond donors (Lipinski definition) is 0. The van der Waals surface area contributed by atoms with E-state index in [9.17, 15) is 35.8 Å². The number of carboxylic acid groups (broad SMARTS) is 1. The van der Waals surface area contributed by atoms with E-state index in [-0.39, 0.29) is 16.2 Å². The molecule has 0 saturated carbocycles. The van der Waals surface area contributed by atoms with Crippen LogP contribution in [-0.4, -0.2) is 120 Å². The molecule has 2 aliphatic heterocycles. The molecular formula is C51H66N4O9S2. The minimum Gasteiger partial charge on any atom is -0.744 e. The summed E-state index contributed by atoms with van der Waals surface area (Å²) < 4.78 is 83.9. The molecular weight excluding hydrogens is 877 g/mol. The van der Waals surface area contributed by atoms with Crippen LogP contribution in [0.5, 0.6) is 5.75 Å². The highest BCUT2D eigenvalue weighted by Crippen LogP contribution is 2.49. The zero-order valence-electron chi connectivity index (χ0n) is 40.1. The summed E-state index contributed by atoms with van der Waals surface area (Å²) in [6.45, 7) is 11.3. The summed E-state index contributed by atoms with van der Waals surface area (Å²) in [4.78, 5) is 12.9. The van der Waals surface area contributed by atoms with Crippen LogP contribution >= 0.6 is 0 Å². The maximum absolute atomic E-state index is 12.2. The lowest BCUT2D eigenvalue weighted by atomic mass is 9.81. The van der Waals surface area contributed by atoms with Crippen LogP contribution in [0.4, 0.5) is 11.4 Å². The van der Waals surface area contributed by atoms with Gasteiger partial charge in [-0.3, -0.25) is 0 Å². The minimum absolute atomic E-state index is 0.0954. The van der Waals surface area contributed by atoms with Crippen molar-refractivity contribution >= 4 is 43.3 Å². The molecule has 0 spiro atoms. The lowest BCUT2D eigenvalue weighted by Crippen LogP contribution is -2.37. The Hall–Kier alpha value is -4.90. The lowest BCUT2D eigenvalue weighted by molar-refractivity contribution is -0.871. The Labute approximate surface area is 392 Å². The Morgan fingerprint density at radius 3 is 1.98 bits per heavy atom. The van der Waals surface area contributed by atoms with Crippen LogP contribution in [0.2, 0.25) is 0 Å². The van der Waals surface area contributed by atoms with Crippen molar-refractivity contribution in [2.75, 3.05) is 73.4 Å². The molecule has 0 aromatic heterocycles. The maximum Gasteiger partial charge on any atom is 0.209 e. The van der Waals surface area contributed by atoms with Gasteiger partial charge in [-0.1, -0.05) is 32.1 Å². The maximum atomic E-state index is 12.2. The van der Waals surface area contributed by atoms with Gasteiger partial charge in [-0.05, 0) is 123 Å².